The average Bonchev–Trinajstić information content (AvgIpc) is 3.21. The second-order valence-electron chi connectivity index (χ2n) is 7.65. The zero-order valence-corrected chi connectivity index (χ0v) is 15.6. The minimum absolute atomic E-state index is 0.0257. The second kappa shape index (κ2) is 8.21. The van der Waals surface area contributed by atoms with Crippen LogP contribution in [0, 0.1) is 5.82 Å². The summed E-state index contributed by atoms with van der Waals surface area (Å²) in [6, 6.07) is 8.56. The van der Waals surface area contributed by atoms with E-state index >= 15 is 0 Å². The summed E-state index contributed by atoms with van der Waals surface area (Å²) in [5.74, 6) is 0.488. The van der Waals surface area contributed by atoms with E-state index in [0.29, 0.717) is 11.7 Å². The van der Waals surface area contributed by atoms with E-state index in [1.54, 1.807) is 0 Å². The fourth-order valence-electron chi connectivity index (χ4n) is 4.07. The maximum atomic E-state index is 13.0. The van der Waals surface area contributed by atoms with Crippen LogP contribution in [0.25, 0.3) is 0 Å². The van der Waals surface area contributed by atoms with Gasteiger partial charge >= 0.3 is 0 Å². The van der Waals surface area contributed by atoms with E-state index in [9.17, 15) is 9.18 Å². The van der Waals surface area contributed by atoms with Crippen LogP contribution >= 0.6 is 0 Å². The van der Waals surface area contributed by atoms with Gasteiger partial charge in [-0.3, -0.25) is 9.69 Å². The third kappa shape index (κ3) is 4.38. The summed E-state index contributed by atoms with van der Waals surface area (Å²) in [5.41, 5.74) is 2.03. The number of aromatic nitrogens is 1. The number of amides is 1. The third-order valence-electron chi connectivity index (χ3n) is 5.71. The van der Waals surface area contributed by atoms with E-state index in [1.165, 1.54) is 18.6 Å². The highest BCUT2D eigenvalue weighted by Crippen LogP contribution is 2.29. The lowest BCUT2D eigenvalue weighted by atomic mass is 9.93. The molecule has 2 aromatic rings. The van der Waals surface area contributed by atoms with Crippen molar-refractivity contribution >= 4 is 5.91 Å². The van der Waals surface area contributed by atoms with Gasteiger partial charge in [-0.15, -0.1) is 0 Å². The number of rotatable bonds is 4. The molecule has 1 aromatic carbocycles. The van der Waals surface area contributed by atoms with E-state index in [1.807, 2.05) is 23.1 Å². The van der Waals surface area contributed by atoms with Gasteiger partial charge in [-0.05, 0) is 62.9 Å². The summed E-state index contributed by atoms with van der Waals surface area (Å²) in [6.45, 7) is 4.40. The van der Waals surface area contributed by atoms with E-state index < -0.39 is 0 Å². The molecule has 2 aliphatic heterocycles. The highest BCUT2D eigenvalue weighted by Gasteiger charge is 2.27. The van der Waals surface area contributed by atoms with Gasteiger partial charge in [0.1, 0.15) is 5.82 Å². The monoisotopic (exact) mass is 371 g/mol. The summed E-state index contributed by atoms with van der Waals surface area (Å²) >= 11 is 0. The molecule has 1 amide bonds. The van der Waals surface area contributed by atoms with Gasteiger partial charge < -0.3 is 9.42 Å². The van der Waals surface area contributed by atoms with Crippen molar-refractivity contribution in [2.45, 2.75) is 44.6 Å². The van der Waals surface area contributed by atoms with Gasteiger partial charge in [-0.2, -0.15) is 0 Å². The fourth-order valence-corrected chi connectivity index (χ4v) is 4.07. The Morgan fingerprint density at radius 2 is 1.78 bits per heavy atom. The van der Waals surface area contributed by atoms with Crippen molar-refractivity contribution < 1.29 is 13.7 Å². The number of nitrogens with zero attached hydrogens (tertiary/aromatic N) is 3. The molecule has 27 heavy (non-hydrogen) atoms. The summed E-state index contributed by atoms with van der Waals surface area (Å²) in [4.78, 5) is 16.8. The first kappa shape index (κ1) is 18.2. The molecular formula is C21H26FN3O2. The number of hydrogen-bond acceptors (Lipinski definition) is 4. The predicted octanol–water partition coefficient (Wildman–Crippen LogP) is 3.82. The molecule has 3 heterocycles. The Balaban J connectivity index is 1.31. The molecule has 0 aliphatic carbocycles. The molecular weight excluding hydrogens is 345 g/mol. The zero-order chi connectivity index (χ0) is 18.6. The molecule has 0 saturated carbocycles. The molecule has 2 saturated heterocycles. The van der Waals surface area contributed by atoms with Gasteiger partial charge in [0.05, 0.1) is 5.69 Å². The normalized spacial score (nSPS) is 19.4. The largest absolute Gasteiger partial charge is 0.351 e. The van der Waals surface area contributed by atoms with Crippen molar-refractivity contribution in [3.8, 4) is 0 Å². The SMILES string of the molecule is O=C(c1cc(C2CCN(Cc3ccc(F)cc3)CC2)no1)N1CCCCC1. The first-order valence-electron chi connectivity index (χ1n) is 9.92. The molecule has 0 spiro atoms. The molecule has 0 bridgehead atoms. The molecule has 0 radical (unpaired) electrons. The standard InChI is InChI=1S/C21H26FN3O2/c22-18-6-4-16(5-7-18)15-24-12-8-17(9-13-24)19-14-20(27-23-19)21(26)25-10-2-1-3-11-25/h4-7,14,17H,1-3,8-13,15H2. The quantitative estimate of drug-likeness (QED) is 0.820. The number of piperidine rings is 2. The molecule has 0 N–H and O–H groups in total. The smallest absolute Gasteiger partial charge is 0.292 e. The number of carbonyl (C=O) groups excluding carboxylic acids is 1. The van der Waals surface area contributed by atoms with Gasteiger partial charge in [-0.25, -0.2) is 4.39 Å². The van der Waals surface area contributed by atoms with Crippen LogP contribution in [0.2, 0.25) is 0 Å². The Bertz CT molecular complexity index is 760. The van der Waals surface area contributed by atoms with Crippen LogP contribution in [0.5, 0.6) is 0 Å². The van der Waals surface area contributed by atoms with Crippen molar-refractivity contribution in [3.63, 3.8) is 0 Å². The molecule has 6 heteroatoms. The summed E-state index contributed by atoms with van der Waals surface area (Å²) in [7, 11) is 0. The first-order valence-corrected chi connectivity index (χ1v) is 9.92. The van der Waals surface area contributed by atoms with Gasteiger partial charge in [-0.1, -0.05) is 17.3 Å². The van der Waals surface area contributed by atoms with E-state index in [4.69, 9.17) is 4.52 Å². The van der Waals surface area contributed by atoms with Crippen molar-refractivity contribution in [2.75, 3.05) is 26.2 Å². The Hall–Kier alpha value is -2.21. The number of carbonyl (C=O) groups is 1. The molecule has 0 atom stereocenters. The number of hydrogen-bond donors (Lipinski definition) is 0. The van der Waals surface area contributed by atoms with Crippen LogP contribution in [-0.4, -0.2) is 47.0 Å². The molecule has 144 valence electrons. The van der Waals surface area contributed by atoms with Crippen LogP contribution in [-0.2, 0) is 6.54 Å². The molecule has 2 aliphatic rings. The van der Waals surface area contributed by atoms with Crippen molar-refractivity contribution in [1.82, 2.24) is 15.0 Å². The van der Waals surface area contributed by atoms with E-state index in [2.05, 4.69) is 10.1 Å². The van der Waals surface area contributed by atoms with Crippen LogP contribution in [0.1, 0.15) is 59.8 Å². The van der Waals surface area contributed by atoms with Crippen LogP contribution in [0.3, 0.4) is 0 Å². The molecule has 0 unspecified atom stereocenters. The van der Waals surface area contributed by atoms with Crippen molar-refractivity contribution in [1.29, 1.82) is 0 Å². The van der Waals surface area contributed by atoms with Crippen LogP contribution < -0.4 is 0 Å². The van der Waals surface area contributed by atoms with Gasteiger partial charge in [0.15, 0.2) is 0 Å². The lowest BCUT2D eigenvalue weighted by molar-refractivity contribution is 0.0682. The summed E-state index contributed by atoms with van der Waals surface area (Å²) in [5, 5.41) is 4.19. The van der Waals surface area contributed by atoms with Crippen LogP contribution in [0.4, 0.5) is 4.39 Å². The topological polar surface area (TPSA) is 49.6 Å². The Kier molecular flexibility index (Phi) is 5.53. The highest BCUT2D eigenvalue weighted by atomic mass is 19.1. The fraction of sp³-hybridized carbons (Fsp3) is 0.524. The summed E-state index contributed by atoms with van der Waals surface area (Å²) in [6.07, 6.45) is 5.32. The molecule has 1 aromatic heterocycles. The van der Waals surface area contributed by atoms with Crippen molar-refractivity contribution in [2.24, 2.45) is 0 Å². The lowest BCUT2D eigenvalue weighted by Crippen LogP contribution is -2.35. The highest BCUT2D eigenvalue weighted by molar-refractivity contribution is 5.91. The second-order valence-corrected chi connectivity index (χ2v) is 7.65. The minimum atomic E-state index is -0.196. The predicted molar refractivity (Wildman–Crippen MR) is 99.9 cm³/mol. The van der Waals surface area contributed by atoms with Gasteiger partial charge in [0.2, 0.25) is 5.76 Å². The van der Waals surface area contributed by atoms with E-state index in [0.717, 1.165) is 69.7 Å². The third-order valence-corrected chi connectivity index (χ3v) is 5.71. The zero-order valence-electron chi connectivity index (χ0n) is 15.6. The maximum Gasteiger partial charge on any atom is 0.292 e. The minimum Gasteiger partial charge on any atom is -0.351 e. The average molecular weight is 371 g/mol. The van der Waals surface area contributed by atoms with Crippen LogP contribution in [0.15, 0.2) is 34.9 Å². The maximum absolute atomic E-state index is 13.0. The first-order chi connectivity index (χ1) is 13.2. The van der Waals surface area contributed by atoms with E-state index in [-0.39, 0.29) is 11.7 Å². The Labute approximate surface area is 159 Å². The van der Waals surface area contributed by atoms with Crippen molar-refractivity contribution in [3.05, 3.63) is 53.2 Å². The number of benzene rings is 1. The Morgan fingerprint density at radius 1 is 1.07 bits per heavy atom. The summed E-state index contributed by atoms with van der Waals surface area (Å²) < 4.78 is 18.4. The number of halogens is 1. The molecule has 4 rings (SSSR count). The molecule has 2 fully saturated rings. The van der Waals surface area contributed by atoms with Gasteiger partial charge in [0, 0.05) is 31.6 Å². The Morgan fingerprint density at radius 3 is 2.48 bits per heavy atom. The number of likely N-dealkylation sites (tertiary alicyclic amines) is 2. The van der Waals surface area contributed by atoms with Gasteiger partial charge in [0.25, 0.3) is 5.91 Å². The lowest BCUT2D eigenvalue weighted by Gasteiger charge is -2.31. The molecule has 5 nitrogen and oxygen atoms in total.